The molecule has 0 aromatic rings. The first kappa shape index (κ1) is 17.4. The van der Waals surface area contributed by atoms with Crippen LogP contribution in [-0.2, 0) is 4.79 Å². The molecule has 1 fully saturated rings. The molecule has 0 saturated carbocycles. The van der Waals surface area contributed by atoms with Gasteiger partial charge in [-0.05, 0) is 25.9 Å². The van der Waals surface area contributed by atoms with E-state index in [0.29, 0.717) is 0 Å². The van der Waals surface area contributed by atoms with E-state index < -0.39 is 5.97 Å². The zero-order chi connectivity index (χ0) is 14.6. The van der Waals surface area contributed by atoms with Crippen LogP contribution in [0.3, 0.4) is 0 Å². The maximum Gasteiger partial charge on any atom is 0.317 e. The summed E-state index contributed by atoms with van der Waals surface area (Å²) in [5.41, 5.74) is 0. The van der Waals surface area contributed by atoms with Gasteiger partial charge in [0, 0.05) is 19.6 Å². The third-order valence-electron chi connectivity index (χ3n) is 4.12. The van der Waals surface area contributed by atoms with Crippen molar-refractivity contribution in [3.8, 4) is 0 Å². The predicted molar refractivity (Wildman–Crippen MR) is 83.1 cm³/mol. The number of rotatable bonds is 10. The fraction of sp³-hybridized carbons (Fsp3) is 0.938. The molecular weight excluding hydrogens is 252 g/mol. The summed E-state index contributed by atoms with van der Waals surface area (Å²) < 4.78 is 0. The Labute approximate surface area is 124 Å². The Morgan fingerprint density at radius 2 is 1.50 bits per heavy atom. The zero-order valence-electron chi connectivity index (χ0n) is 13.1. The van der Waals surface area contributed by atoms with Gasteiger partial charge in [-0.25, -0.2) is 0 Å². The van der Waals surface area contributed by atoms with Crippen molar-refractivity contribution in [3.05, 3.63) is 0 Å². The minimum absolute atomic E-state index is 0.200. The molecule has 0 aromatic heterocycles. The van der Waals surface area contributed by atoms with Gasteiger partial charge in [0.25, 0.3) is 0 Å². The van der Waals surface area contributed by atoms with E-state index in [2.05, 4.69) is 16.7 Å². The minimum Gasteiger partial charge on any atom is -0.480 e. The molecule has 1 N–H and O–H groups in total. The van der Waals surface area contributed by atoms with Crippen LogP contribution in [0.15, 0.2) is 0 Å². The van der Waals surface area contributed by atoms with Crippen molar-refractivity contribution in [2.24, 2.45) is 0 Å². The van der Waals surface area contributed by atoms with Crippen LogP contribution in [0.2, 0.25) is 0 Å². The van der Waals surface area contributed by atoms with Crippen molar-refractivity contribution in [1.82, 2.24) is 9.80 Å². The molecule has 20 heavy (non-hydrogen) atoms. The fourth-order valence-electron chi connectivity index (χ4n) is 2.89. The van der Waals surface area contributed by atoms with Crippen LogP contribution in [0.4, 0.5) is 0 Å². The second kappa shape index (κ2) is 11.1. The monoisotopic (exact) mass is 284 g/mol. The third kappa shape index (κ3) is 8.54. The molecule has 0 spiro atoms. The Bertz CT molecular complexity index is 259. The van der Waals surface area contributed by atoms with Gasteiger partial charge < -0.3 is 10.0 Å². The van der Waals surface area contributed by atoms with E-state index in [1.807, 2.05) is 0 Å². The van der Waals surface area contributed by atoms with Crippen LogP contribution in [0, 0.1) is 0 Å². The lowest BCUT2D eigenvalue weighted by Gasteiger charge is -2.20. The van der Waals surface area contributed by atoms with E-state index in [9.17, 15) is 4.79 Å². The molecule has 4 nitrogen and oxygen atoms in total. The van der Waals surface area contributed by atoms with Gasteiger partial charge >= 0.3 is 5.97 Å². The molecule has 1 aliphatic rings. The van der Waals surface area contributed by atoms with E-state index in [4.69, 9.17) is 5.11 Å². The first-order valence-corrected chi connectivity index (χ1v) is 8.39. The molecule has 0 bridgehead atoms. The van der Waals surface area contributed by atoms with Gasteiger partial charge in [-0.1, -0.05) is 45.4 Å². The summed E-state index contributed by atoms with van der Waals surface area (Å²) in [6, 6.07) is 0. The van der Waals surface area contributed by atoms with E-state index >= 15 is 0 Å². The average molecular weight is 284 g/mol. The zero-order valence-corrected chi connectivity index (χ0v) is 13.1. The number of aliphatic carboxylic acids is 1. The maximum absolute atomic E-state index is 10.7. The van der Waals surface area contributed by atoms with E-state index in [0.717, 1.165) is 32.6 Å². The largest absolute Gasteiger partial charge is 0.480 e. The van der Waals surface area contributed by atoms with E-state index in [1.165, 1.54) is 51.5 Å². The molecular formula is C16H32N2O2. The SMILES string of the molecule is CCCCCCCCCN1CCCN(CC(=O)O)CC1. The smallest absolute Gasteiger partial charge is 0.317 e. The second-order valence-corrected chi connectivity index (χ2v) is 5.99. The van der Waals surface area contributed by atoms with Crippen LogP contribution in [-0.4, -0.2) is 60.1 Å². The summed E-state index contributed by atoms with van der Waals surface area (Å²) in [5.74, 6) is -0.703. The highest BCUT2D eigenvalue weighted by atomic mass is 16.4. The second-order valence-electron chi connectivity index (χ2n) is 5.99. The Balaban J connectivity index is 2.02. The number of carbonyl (C=O) groups is 1. The maximum atomic E-state index is 10.7. The van der Waals surface area contributed by atoms with Crippen molar-refractivity contribution in [1.29, 1.82) is 0 Å². The molecule has 0 unspecified atom stereocenters. The van der Waals surface area contributed by atoms with Crippen LogP contribution >= 0.6 is 0 Å². The van der Waals surface area contributed by atoms with Gasteiger partial charge in [0.15, 0.2) is 0 Å². The molecule has 0 aliphatic carbocycles. The molecule has 4 heteroatoms. The number of nitrogens with zero attached hydrogens (tertiary/aromatic N) is 2. The third-order valence-corrected chi connectivity index (χ3v) is 4.12. The number of hydrogen-bond acceptors (Lipinski definition) is 3. The molecule has 0 radical (unpaired) electrons. The summed E-state index contributed by atoms with van der Waals surface area (Å²) in [6.45, 7) is 7.64. The lowest BCUT2D eigenvalue weighted by atomic mass is 10.1. The van der Waals surface area contributed by atoms with Crippen molar-refractivity contribution in [2.75, 3.05) is 39.3 Å². The summed E-state index contributed by atoms with van der Waals surface area (Å²) in [7, 11) is 0. The Hall–Kier alpha value is -0.610. The van der Waals surface area contributed by atoms with Gasteiger partial charge in [0.1, 0.15) is 0 Å². The normalized spacial score (nSPS) is 18.1. The number of carboxylic acids is 1. The van der Waals surface area contributed by atoms with Gasteiger partial charge in [-0.2, -0.15) is 0 Å². The average Bonchev–Trinajstić information content (AvgIpc) is 2.63. The summed E-state index contributed by atoms with van der Waals surface area (Å²) >= 11 is 0. The first-order valence-electron chi connectivity index (χ1n) is 8.39. The van der Waals surface area contributed by atoms with Gasteiger partial charge in [0.2, 0.25) is 0 Å². The topological polar surface area (TPSA) is 43.8 Å². The first-order chi connectivity index (χ1) is 9.72. The summed E-state index contributed by atoms with van der Waals surface area (Å²) in [5, 5.41) is 8.83. The molecule has 1 aliphatic heterocycles. The summed E-state index contributed by atoms with van der Waals surface area (Å²) in [6.07, 6.45) is 10.6. The number of unbranched alkanes of at least 4 members (excludes halogenated alkanes) is 6. The molecule has 1 rings (SSSR count). The van der Waals surface area contributed by atoms with Crippen molar-refractivity contribution < 1.29 is 9.90 Å². The molecule has 0 atom stereocenters. The highest BCUT2D eigenvalue weighted by molar-refractivity contribution is 5.69. The highest BCUT2D eigenvalue weighted by Gasteiger charge is 2.15. The van der Waals surface area contributed by atoms with Gasteiger partial charge in [-0.15, -0.1) is 0 Å². The Kier molecular flexibility index (Phi) is 9.67. The molecule has 1 saturated heterocycles. The lowest BCUT2D eigenvalue weighted by molar-refractivity contribution is -0.138. The molecule has 0 amide bonds. The minimum atomic E-state index is -0.703. The summed E-state index contributed by atoms with van der Waals surface area (Å²) in [4.78, 5) is 15.3. The van der Waals surface area contributed by atoms with Crippen LogP contribution in [0.25, 0.3) is 0 Å². The van der Waals surface area contributed by atoms with Crippen molar-refractivity contribution in [3.63, 3.8) is 0 Å². The Morgan fingerprint density at radius 3 is 2.20 bits per heavy atom. The van der Waals surface area contributed by atoms with Gasteiger partial charge in [-0.3, -0.25) is 9.69 Å². The van der Waals surface area contributed by atoms with E-state index in [-0.39, 0.29) is 6.54 Å². The molecule has 118 valence electrons. The molecule has 0 aromatic carbocycles. The van der Waals surface area contributed by atoms with Crippen molar-refractivity contribution in [2.45, 2.75) is 58.3 Å². The quantitative estimate of drug-likeness (QED) is 0.627. The number of hydrogen-bond donors (Lipinski definition) is 1. The lowest BCUT2D eigenvalue weighted by Crippen LogP contribution is -2.34. The highest BCUT2D eigenvalue weighted by Crippen LogP contribution is 2.09. The van der Waals surface area contributed by atoms with E-state index in [1.54, 1.807) is 0 Å². The molecule has 1 heterocycles. The standard InChI is InChI=1S/C16H32N2O2/c1-2-3-4-5-6-7-8-10-17-11-9-12-18(14-13-17)15-16(19)20/h2-15H2,1H3,(H,19,20). The van der Waals surface area contributed by atoms with Crippen LogP contribution in [0.5, 0.6) is 0 Å². The Morgan fingerprint density at radius 1 is 0.900 bits per heavy atom. The van der Waals surface area contributed by atoms with Gasteiger partial charge in [0.05, 0.1) is 6.54 Å². The van der Waals surface area contributed by atoms with Crippen LogP contribution in [0.1, 0.15) is 58.3 Å². The van der Waals surface area contributed by atoms with Crippen molar-refractivity contribution >= 4 is 5.97 Å². The number of carboxylic acid groups (broad SMARTS) is 1. The fourth-order valence-corrected chi connectivity index (χ4v) is 2.89. The van der Waals surface area contributed by atoms with Crippen LogP contribution < -0.4 is 0 Å². The predicted octanol–water partition coefficient (Wildman–Crippen LogP) is 2.83.